The number of nitrogen functional groups attached to an aromatic ring is 1. The number of halogens is 1. The van der Waals surface area contributed by atoms with E-state index in [-0.39, 0.29) is 0 Å². The first-order valence-corrected chi connectivity index (χ1v) is 6.13. The number of benzene rings is 1. The van der Waals surface area contributed by atoms with Gasteiger partial charge in [0.25, 0.3) is 0 Å². The molecule has 3 N–H and O–H groups in total. The average molecular weight is 303 g/mol. The number of nitrogens with two attached hydrogens (primary N) is 1. The highest BCUT2D eigenvalue weighted by Gasteiger charge is 2.02. The van der Waals surface area contributed by atoms with Crippen molar-refractivity contribution in [2.45, 2.75) is 6.54 Å². The zero-order valence-corrected chi connectivity index (χ0v) is 11.1. The van der Waals surface area contributed by atoms with Crippen molar-refractivity contribution >= 4 is 27.4 Å². The van der Waals surface area contributed by atoms with E-state index < -0.39 is 0 Å². The second-order valence-electron chi connectivity index (χ2n) is 3.72. The number of hydrogen-bond donors (Lipinski definition) is 2. The van der Waals surface area contributed by atoms with Crippen LogP contribution in [0.3, 0.4) is 0 Å². The lowest BCUT2D eigenvalue weighted by Crippen LogP contribution is -2.04. The average Bonchev–Trinajstić information content (AvgIpc) is 2.38. The van der Waals surface area contributed by atoms with Gasteiger partial charge in [-0.3, -0.25) is 0 Å². The van der Waals surface area contributed by atoms with E-state index in [0.29, 0.717) is 23.6 Å². The van der Waals surface area contributed by atoms with Crippen LogP contribution in [0.5, 0.6) is 0 Å². The Bertz CT molecular complexity index is 604. The number of nitrogens with one attached hydrogen (secondary N) is 1. The van der Waals surface area contributed by atoms with E-state index in [4.69, 9.17) is 11.0 Å². The Labute approximate surface area is 114 Å². The Balaban J connectivity index is 2.10. The number of aromatic nitrogens is 1. The van der Waals surface area contributed by atoms with Crippen molar-refractivity contribution in [2.75, 3.05) is 11.1 Å². The van der Waals surface area contributed by atoms with Gasteiger partial charge in [-0.15, -0.1) is 0 Å². The van der Waals surface area contributed by atoms with Crippen molar-refractivity contribution in [1.29, 1.82) is 5.26 Å². The fourth-order valence-electron chi connectivity index (χ4n) is 1.51. The predicted molar refractivity (Wildman–Crippen MR) is 74.8 cm³/mol. The van der Waals surface area contributed by atoms with Crippen molar-refractivity contribution in [3.8, 4) is 6.07 Å². The summed E-state index contributed by atoms with van der Waals surface area (Å²) in [5.74, 6) is 0.665. The zero-order valence-electron chi connectivity index (χ0n) is 9.52. The number of rotatable bonds is 3. The molecule has 0 saturated carbocycles. The molecule has 90 valence electrons. The summed E-state index contributed by atoms with van der Waals surface area (Å²) in [6, 6.07) is 11.3. The number of hydrogen-bond acceptors (Lipinski definition) is 4. The van der Waals surface area contributed by atoms with Crippen LogP contribution in [-0.2, 0) is 6.54 Å². The minimum atomic E-state index is 0.603. The molecule has 0 saturated heterocycles. The van der Waals surface area contributed by atoms with Crippen LogP contribution in [0.25, 0.3) is 0 Å². The van der Waals surface area contributed by atoms with Crippen LogP contribution < -0.4 is 11.1 Å². The summed E-state index contributed by atoms with van der Waals surface area (Å²) >= 11 is 3.36. The Morgan fingerprint density at radius 3 is 2.89 bits per heavy atom. The van der Waals surface area contributed by atoms with E-state index in [1.807, 2.05) is 12.1 Å². The molecule has 0 radical (unpaired) electrons. The molecule has 1 aromatic heterocycles. The SMILES string of the molecule is N#Cc1ccc(CNc2ncccc2N)cc1Br. The minimum absolute atomic E-state index is 0.603. The molecule has 4 nitrogen and oxygen atoms in total. The predicted octanol–water partition coefficient (Wildman–Crippen LogP) is 2.91. The van der Waals surface area contributed by atoms with Crippen LogP contribution in [0.15, 0.2) is 41.0 Å². The normalized spacial score (nSPS) is 9.78. The molecule has 0 atom stereocenters. The van der Waals surface area contributed by atoms with E-state index in [2.05, 4.69) is 32.3 Å². The van der Waals surface area contributed by atoms with Gasteiger partial charge >= 0.3 is 0 Å². The Morgan fingerprint density at radius 2 is 2.22 bits per heavy atom. The van der Waals surface area contributed by atoms with Gasteiger partial charge in [-0.25, -0.2) is 4.98 Å². The summed E-state index contributed by atoms with van der Waals surface area (Å²) in [7, 11) is 0. The zero-order chi connectivity index (χ0) is 13.0. The number of pyridine rings is 1. The van der Waals surface area contributed by atoms with Crippen LogP contribution in [0.4, 0.5) is 11.5 Å². The van der Waals surface area contributed by atoms with Gasteiger partial charge in [0.05, 0.1) is 11.3 Å². The molecule has 5 heteroatoms. The summed E-state index contributed by atoms with van der Waals surface area (Å²) < 4.78 is 0.790. The first-order chi connectivity index (χ1) is 8.70. The summed E-state index contributed by atoms with van der Waals surface area (Å²) in [4.78, 5) is 4.15. The molecule has 0 aliphatic heterocycles. The van der Waals surface area contributed by atoms with E-state index in [1.54, 1.807) is 24.4 Å². The highest BCUT2D eigenvalue weighted by Crippen LogP contribution is 2.19. The molecule has 0 fully saturated rings. The van der Waals surface area contributed by atoms with Gasteiger partial charge < -0.3 is 11.1 Å². The quantitative estimate of drug-likeness (QED) is 0.914. The molecule has 0 bridgehead atoms. The summed E-state index contributed by atoms with van der Waals surface area (Å²) in [5, 5.41) is 12.0. The van der Waals surface area contributed by atoms with Gasteiger partial charge in [0.15, 0.2) is 0 Å². The minimum Gasteiger partial charge on any atom is -0.396 e. The standard InChI is InChI=1S/C13H11BrN4/c14-11-6-9(3-4-10(11)7-15)8-18-13-12(16)2-1-5-17-13/h1-6H,8,16H2,(H,17,18). The third-order valence-electron chi connectivity index (χ3n) is 2.45. The molecule has 2 rings (SSSR count). The Hall–Kier alpha value is -2.06. The van der Waals surface area contributed by atoms with E-state index in [0.717, 1.165) is 10.0 Å². The molecule has 1 aromatic carbocycles. The lowest BCUT2D eigenvalue weighted by Gasteiger charge is -2.08. The number of nitrogens with zero attached hydrogens (tertiary/aromatic N) is 2. The van der Waals surface area contributed by atoms with Crippen molar-refractivity contribution in [3.63, 3.8) is 0 Å². The van der Waals surface area contributed by atoms with Crippen LogP contribution in [-0.4, -0.2) is 4.98 Å². The molecule has 2 aromatic rings. The van der Waals surface area contributed by atoms with Gasteiger partial charge in [0.2, 0.25) is 0 Å². The van der Waals surface area contributed by atoms with Crippen LogP contribution >= 0.6 is 15.9 Å². The third-order valence-corrected chi connectivity index (χ3v) is 3.11. The maximum Gasteiger partial charge on any atom is 0.149 e. The van der Waals surface area contributed by atoms with E-state index >= 15 is 0 Å². The van der Waals surface area contributed by atoms with Crippen molar-refractivity contribution in [3.05, 3.63) is 52.1 Å². The summed E-state index contributed by atoms with van der Waals surface area (Å²) in [6.07, 6.45) is 1.69. The molecule has 1 heterocycles. The van der Waals surface area contributed by atoms with Crippen LogP contribution in [0, 0.1) is 11.3 Å². The van der Waals surface area contributed by atoms with Gasteiger partial charge in [-0.2, -0.15) is 5.26 Å². The number of anilines is 2. The van der Waals surface area contributed by atoms with Crippen LogP contribution in [0.2, 0.25) is 0 Å². The monoisotopic (exact) mass is 302 g/mol. The molecular weight excluding hydrogens is 292 g/mol. The van der Waals surface area contributed by atoms with Gasteiger partial charge in [0, 0.05) is 17.2 Å². The maximum atomic E-state index is 8.83. The lowest BCUT2D eigenvalue weighted by atomic mass is 10.1. The molecule has 18 heavy (non-hydrogen) atoms. The summed E-state index contributed by atoms with van der Waals surface area (Å²) in [6.45, 7) is 0.603. The molecule has 0 aliphatic rings. The molecule has 0 spiro atoms. The van der Waals surface area contributed by atoms with E-state index in [1.165, 1.54) is 0 Å². The topological polar surface area (TPSA) is 74.7 Å². The molecule has 0 amide bonds. The van der Waals surface area contributed by atoms with Gasteiger partial charge in [0.1, 0.15) is 11.9 Å². The third kappa shape index (κ3) is 2.79. The molecule has 0 unspecified atom stereocenters. The van der Waals surface area contributed by atoms with Crippen molar-refractivity contribution in [1.82, 2.24) is 4.98 Å². The van der Waals surface area contributed by atoms with Crippen LogP contribution in [0.1, 0.15) is 11.1 Å². The Morgan fingerprint density at radius 1 is 1.39 bits per heavy atom. The molecule has 0 aliphatic carbocycles. The lowest BCUT2D eigenvalue weighted by molar-refractivity contribution is 1.11. The molecular formula is C13H11BrN4. The fourth-order valence-corrected chi connectivity index (χ4v) is 2.03. The van der Waals surface area contributed by atoms with E-state index in [9.17, 15) is 0 Å². The fraction of sp³-hybridized carbons (Fsp3) is 0.0769. The maximum absolute atomic E-state index is 8.83. The first kappa shape index (κ1) is 12.4. The van der Waals surface area contributed by atoms with Gasteiger partial charge in [-0.1, -0.05) is 6.07 Å². The second-order valence-corrected chi connectivity index (χ2v) is 4.58. The highest BCUT2D eigenvalue weighted by atomic mass is 79.9. The van der Waals surface area contributed by atoms with Gasteiger partial charge in [-0.05, 0) is 45.8 Å². The largest absolute Gasteiger partial charge is 0.396 e. The van der Waals surface area contributed by atoms with Crippen molar-refractivity contribution < 1.29 is 0 Å². The van der Waals surface area contributed by atoms with Crippen molar-refractivity contribution in [2.24, 2.45) is 0 Å². The number of nitriles is 1. The first-order valence-electron chi connectivity index (χ1n) is 5.33. The summed E-state index contributed by atoms with van der Waals surface area (Å²) in [5.41, 5.74) is 8.07. The second kappa shape index (κ2) is 5.52. The Kier molecular flexibility index (Phi) is 3.80. The smallest absolute Gasteiger partial charge is 0.149 e. The highest BCUT2D eigenvalue weighted by molar-refractivity contribution is 9.10.